The fourth-order valence-electron chi connectivity index (χ4n) is 2.05. The van der Waals surface area contributed by atoms with Gasteiger partial charge in [0.25, 0.3) is 0 Å². The summed E-state index contributed by atoms with van der Waals surface area (Å²) in [7, 11) is 0. The first-order valence-electron chi connectivity index (χ1n) is 4.94. The zero-order valence-corrected chi connectivity index (χ0v) is 9.68. The molecule has 0 aromatic heterocycles. The fraction of sp³-hybridized carbons (Fsp3) is 0.333. The first-order chi connectivity index (χ1) is 6.83. The van der Waals surface area contributed by atoms with Crippen molar-refractivity contribution in [3.05, 3.63) is 46.5 Å². The summed E-state index contributed by atoms with van der Waals surface area (Å²) in [4.78, 5) is 0. The van der Waals surface area contributed by atoms with Gasteiger partial charge in [0.15, 0.2) is 0 Å². The van der Waals surface area contributed by atoms with Crippen LogP contribution in [0.3, 0.4) is 0 Å². The van der Waals surface area contributed by atoms with Gasteiger partial charge in [0.2, 0.25) is 0 Å². The Balaban J connectivity index is 2.21. The molecule has 0 heterocycles. The summed E-state index contributed by atoms with van der Waals surface area (Å²) < 4.78 is 1.25. The van der Waals surface area contributed by atoms with Crippen LogP contribution >= 0.6 is 15.9 Å². The van der Waals surface area contributed by atoms with Crippen molar-refractivity contribution in [1.29, 1.82) is 0 Å². The molecule has 0 fully saturated rings. The van der Waals surface area contributed by atoms with E-state index >= 15 is 0 Å². The van der Waals surface area contributed by atoms with Gasteiger partial charge in [0, 0.05) is 17.1 Å². The van der Waals surface area contributed by atoms with Gasteiger partial charge in [0.1, 0.15) is 0 Å². The fourth-order valence-corrected chi connectivity index (χ4v) is 2.63. The maximum absolute atomic E-state index is 3.72. The molecule has 1 aromatic carbocycles. The highest BCUT2D eigenvalue weighted by molar-refractivity contribution is 9.10. The lowest BCUT2D eigenvalue weighted by molar-refractivity contribution is 0.564. The maximum Gasteiger partial charge on any atom is 0.0329 e. The number of nitrogens with one attached hydrogen (secondary N) is 1. The molecule has 0 amide bonds. The second-order valence-corrected chi connectivity index (χ2v) is 4.45. The smallest absolute Gasteiger partial charge is 0.0329 e. The number of halogens is 1. The van der Waals surface area contributed by atoms with Crippen LogP contribution in [-0.2, 0) is 6.42 Å². The SMILES string of the molecule is C=CCNC1CCc2c(Br)cccc21. The van der Waals surface area contributed by atoms with Crippen molar-refractivity contribution in [2.24, 2.45) is 0 Å². The Bertz CT molecular complexity index is 346. The normalized spacial score (nSPS) is 19.4. The largest absolute Gasteiger partial charge is 0.306 e. The van der Waals surface area contributed by atoms with Gasteiger partial charge in [-0.25, -0.2) is 0 Å². The van der Waals surface area contributed by atoms with E-state index in [2.05, 4.69) is 46.0 Å². The molecule has 0 radical (unpaired) electrons. The van der Waals surface area contributed by atoms with Crippen molar-refractivity contribution >= 4 is 15.9 Å². The van der Waals surface area contributed by atoms with E-state index in [-0.39, 0.29) is 0 Å². The van der Waals surface area contributed by atoms with Crippen molar-refractivity contribution in [3.63, 3.8) is 0 Å². The molecule has 0 saturated heterocycles. The number of fused-ring (bicyclic) bond motifs is 1. The lowest BCUT2D eigenvalue weighted by Crippen LogP contribution is -2.18. The molecule has 14 heavy (non-hydrogen) atoms. The third-order valence-corrected chi connectivity index (χ3v) is 3.47. The van der Waals surface area contributed by atoms with Gasteiger partial charge < -0.3 is 5.32 Å². The van der Waals surface area contributed by atoms with E-state index < -0.39 is 0 Å². The molecular weight excluding hydrogens is 238 g/mol. The van der Waals surface area contributed by atoms with E-state index in [1.54, 1.807) is 0 Å². The predicted octanol–water partition coefficient (Wildman–Crippen LogP) is 3.21. The summed E-state index contributed by atoms with van der Waals surface area (Å²) in [5, 5.41) is 3.48. The van der Waals surface area contributed by atoms with Crippen LogP contribution in [0.25, 0.3) is 0 Å². The lowest BCUT2D eigenvalue weighted by Gasteiger charge is -2.12. The minimum atomic E-state index is 0.514. The van der Waals surface area contributed by atoms with E-state index in [1.807, 2.05) is 6.08 Å². The Kier molecular flexibility index (Phi) is 3.04. The quantitative estimate of drug-likeness (QED) is 0.814. The first kappa shape index (κ1) is 9.94. The van der Waals surface area contributed by atoms with Crippen LogP contribution in [-0.4, -0.2) is 6.54 Å². The Hall–Kier alpha value is -0.600. The van der Waals surface area contributed by atoms with E-state index in [1.165, 1.54) is 28.4 Å². The van der Waals surface area contributed by atoms with Gasteiger partial charge >= 0.3 is 0 Å². The summed E-state index contributed by atoms with van der Waals surface area (Å²) in [5.74, 6) is 0. The van der Waals surface area contributed by atoms with Crippen LogP contribution in [0.1, 0.15) is 23.6 Å². The van der Waals surface area contributed by atoms with Crippen LogP contribution in [0.5, 0.6) is 0 Å². The molecular formula is C12H14BrN. The highest BCUT2D eigenvalue weighted by Gasteiger charge is 2.22. The lowest BCUT2D eigenvalue weighted by atomic mass is 10.1. The topological polar surface area (TPSA) is 12.0 Å². The summed E-state index contributed by atoms with van der Waals surface area (Å²) in [6, 6.07) is 6.96. The average Bonchev–Trinajstić information content (AvgIpc) is 2.60. The van der Waals surface area contributed by atoms with Crippen LogP contribution in [0.2, 0.25) is 0 Å². The van der Waals surface area contributed by atoms with E-state index in [0.29, 0.717) is 6.04 Å². The van der Waals surface area contributed by atoms with Crippen LogP contribution in [0.4, 0.5) is 0 Å². The van der Waals surface area contributed by atoms with Crippen LogP contribution in [0.15, 0.2) is 35.3 Å². The molecule has 1 aromatic rings. The summed E-state index contributed by atoms with van der Waals surface area (Å²) >= 11 is 3.59. The second-order valence-electron chi connectivity index (χ2n) is 3.60. The molecule has 1 aliphatic carbocycles. The maximum atomic E-state index is 3.72. The Morgan fingerprint density at radius 1 is 1.57 bits per heavy atom. The van der Waals surface area contributed by atoms with E-state index in [0.717, 1.165) is 6.54 Å². The molecule has 2 heteroatoms. The second kappa shape index (κ2) is 4.28. The van der Waals surface area contributed by atoms with Gasteiger partial charge in [-0.1, -0.05) is 34.1 Å². The van der Waals surface area contributed by atoms with Crippen LogP contribution < -0.4 is 5.32 Å². The third kappa shape index (κ3) is 1.77. The minimum absolute atomic E-state index is 0.514. The van der Waals surface area contributed by atoms with Gasteiger partial charge in [0.05, 0.1) is 0 Å². The monoisotopic (exact) mass is 251 g/mol. The van der Waals surface area contributed by atoms with Crippen molar-refractivity contribution < 1.29 is 0 Å². The van der Waals surface area contributed by atoms with Crippen molar-refractivity contribution in [2.75, 3.05) is 6.54 Å². The molecule has 1 atom stereocenters. The Morgan fingerprint density at radius 3 is 3.21 bits per heavy atom. The molecule has 1 nitrogen and oxygen atoms in total. The third-order valence-electron chi connectivity index (χ3n) is 2.72. The Labute approximate surface area is 93.3 Å². The van der Waals surface area contributed by atoms with E-state index in [9.17, 15) is 0 Å². The van der Waals surface area contributed by atoms with Gasteiger partial charge in [-0.05, 0) is 30.0 Å². The highest BCUT2D eigenvalue weighted by Crippen LogP contribution is 2.35. The molecule has 0 aliphatic heterocycles. The number of benzene rings is 1. The molecule has 1 unspecified atom stereocenters. The van der Waals surface area contributed by atoms with Crippen molar-refractivity contribution in [2.45, 2.75) is 18.9 Å². The van der Waals surface area contributed by atoms with Gasteiger partial charge in [-0.15, -0.1) is 6.58 Å². The van der Waals surface area contributed by atoms with Crippen molar-refractivity contribution in [1.82, 2.24) is 5.32 Å². The standard InChI is InChI=1S/C12H14BrN/c1-2-8-14-12-7-6-9-10(12)4-3-5-11(9)13/h2-5,12,14H,1,6-8H2. The zero-order chi connectivity index (χ0) is 9.97. The molecule has 1 N–H and O–H groups in total. The average molecular weight is 252 g/mol. The van der Waals surface area contributed by atoms with E-state index in [4.69, 9.17) is 0 Å². The van der Waals surface area contributed by atoms with Gasteiger partial charge in [-0.2, -0.15) is 0 Å². The molecule has 2 rings (SSSR count). The molecule has 0 saturated carbocycles. The van der Waals surface area contributed by atoms with Crippen molar-refractivity contribution in [3.8, 4) is 0 Å². The van der Waals surface area contributed by atoms with Gasteiger partial charge in [-0.3, -0.25) is 0 Å². The molecule has 74 valence electrons. The highest BCUT2D eigenvalue weighted by atomic mass is 79.9. The molecule has 1 aliphatic rings. The summed E-state index contributed by atoms with van der Waals surface area (Å²) in [6.07, 6.45) is 4.29. The zero-order valence-electron chi connectivity index (χ0n) is 8.09. The number of rotatable bonds is 3. The molecule has 0 spiro atoms. The predicted molar refractivity (Wildman–Crippen MR) is 63.4 cm³/mol. The first-order valence-corrected chi connectivity index (χ1v) is 5.74. The van der Waals surface area contributed by atoms with Crippen LogP contribution in [0, 0.1) is 0 Å². The summed E-state index contributed by atoms with van der Waals surface area (Å²) in [6.45, 7) is 4.61. The number of hydrogen-bond donors (Lipinski definition) is 1. The minimum Gasteiger partial charge on any atom is -0.306 e. The number of hydrogen-bond acceptors (Lipinski definition) is 1. The molecule has 0 bridgehead atoms. The summed E-state index contributed by atoms with van der Waals surface area (Å²) in [5.41, 5.74) is 2.91. The Morgan fingerprint density at radius 2 is 2.43 bits per heavy atom.